The Balaban J connectivity index is 1.27. The molecule has 0 spiro atoms. The molecule has 3 aliphatic heterocycles. The molecule has 0 saturated carbocycles. The summed E-state index contributed by atoms with van der Waals surface area (Å²) in [6, 6.07) is 8.04. The number of piperazine rings is 1. The average molecular weight is 525 g/mol. The summed E-state index contributed by atoms with van der Waals surface area (Å²) in [4.78, 5) is 19.7. The number of nitrogens with one attached hydrogen (secondary N) is 1. The molecule has 198 valence electrons. The zero-order valence-electron chi connectivity index (χ0n) is 21.6. The maximum Gasteiger partial charge on any atom is 0.410 e. The van der Waals surface area contributed by atoms with E-state index in [1.807, 2.05) is 23.1 Å². The van der Waals surface area contributed by atoms with E-state index in [-0.39, 0.29) is 30.7 Å². The first-order valence-corrected chi connectivity index (χ1v) is 13.6. The topological polar surface area (TPSA) is 57.3 Å². The molecule has 3 atom stereocenters. The summed E-state index contributed by atoms with van der Waals surface area (Å²) in [5, 5.41) is 4.44. The molecule has 1 fully saturated rings. The molecule has 1 aromatic carbocycles. The standard InChI is InChI=1S/C29H37ClN4O3/c1-3-18-37-29(35)34-13-11-24-25-20-22(30)7-10-26(25)31-27(24)28(34)21-5-8-23(9-6-21)36-19-4-12-33-16-14-32(2)15-17-33/h3,5-10,20,25-26,28,31H,1,4,11-19H2,2H3. The molecule has 1 aromatic rings. The highest BCUT2D eigenvalue weighted by molar-refractivity contribution is 6.31. The van der Waals surface area contributed by atoms with Crippen LogP contribution in [0.5, 0.6) is 5.75 Å². The van der Waals surface area contributed by atoms with E-state index in [9.17, 15) is 4.79 Å². The Labute approximate surface area is 225 Å². The lowest BCUT2D eigenvalue weighted by Crippen LogP contribution is -2.44. The van der Waals surface area contributed by atoms with E-state index < -0.39 is 0 Å². The number of allylic oxidation sites excluding steroid dienone is 2. The Bertz CT molecular complexity index is 1080. The normalized spacial score (nSPS) is 25.7. The number of likely N-dealkylation sites (N-methyl/N-ethyl adjacent to an activating group) is 1. The molecule has 7 nitrogen and oxygen atoms in total. The van der Waals surface area contributed by atoms with Crippen molar-refractivity contribution in [3.05, 3.63) is 77.0 Å². The molecule has 1 N–H and O–H groups in total. The maximum atomic E-state index is 13.0. The average Bonchev–Trinajstić information content (AvgIpc) is 3.28. The van der Waals surface area contributed by atoms with Crippen LogP contribution in [0.1, 0.15) is 24.4 Å². The molecule has 0 radical (unpaired) electrons. The highest BCUT2D eigenvalue weighted by Gasteiger charge is 2.43. The zero-order valence-corrected chi connectivity index (χ0v) is 22.3. The first kappa shape index (κ1) is 25.9. The van der Waals surface area contributed by atoms with Crippen LogP contribution in [0.3, 0.4) is 0 Å². The van der Waals surface area contributed by atoms with Gasteiger partial charge in [-0.1, -0.05) is 48.5 Å². The smallest absolute Gasteiger partial charge is 0.410 e. The third-order valence-corrected chi connectivity index (χ3v) is 7.96. The Morgan fingerprint density at radius 2 is 1.97 bits per heavy atom. The molecular formula is C29H37ClN4O3. The van der Waals surface area contributed by atoms with Gasteiger partial charge in [-0.25, -0.2) is 4.79 Å². The van der Waals surface area contributed by atoms with Gasteiger partial charge in [0.15, 0.2) is 0 Å². The molecule has 0 aromatic heterocycles. The van der Waals surface area contributed by atoms with Crippen LogP contribution in [0.15, 0.2) is 71.5 Å². The van der Waals surface area contributed by atoms with Crippen LogP contribution >= 0.6 is 11.6 Å². The van der Waals surface area contributed by atoms with E-state index in [0.29, 0.717) is 13.2 Å². The van der Waals surface area contributed by atoms with E-state index >= 15 is 0 Å². The van der Waals surface area contributed by atoms with E-state index in [1.165, 1.54) is 5.57 Å². The van der Waals surface area contributed by atoms with Crippen molar-refractivity contribution in [2.75, 3.05) is 59.5 Å². The summed E-state index contributed by atoms with van der Waals surface area (Å²) in [5.41, 5.74) is 3.41. The van der Waals surface area contributed by atoms with Crippen LogP contribution < -0.4 is 10.1 Å². The molecule has 1 amide bonds. The van der Waals surface area contributed by atoms with Crippen molar-refractivity contribution in [1.82, 2.24) is 20.0 Å². The monoisotopic (exact) mass is 524 g/mol. The van der Waals surface area contributed by atoms with Crippen LogP contribution in [0.4, 0.5) is 4.79 Å². The molecule has 8 heteroatoms. The second-order valence-electron chi connectivity index (χ2n) is 10.2. The molecule has 1 saturated heterocycles. The third-order valence-electron chi connectivity index (χ3n) is 7.70. The number of benzene rings is 1. The number of hydrogen-bond donors (Lipinski definition) is 1. The summed E-state index contributed by atoms with van der Waals surface area (Å²) >= 11 is 6.34. The Kier molecular flexibility index (Phi) is 8.23. The van der Waals surface area contributed by atoms with Gasteiger partial charge >= 0.3 is 6.09 Å². The zero-order chi connectivity index (χ0) is 25.8. The van der Waals surface area contributed by atoms with Gasteiger partial charge in [-0.15, -0.1) is 0 Å². The number of halogens is 1. The van der Waals surface area contributed by atoms with Crippen molar-refractivity contribution in [1.29, 1.82) is 0 Å². The Morgan fingerprint density at radius 3 is 2.73 bits per heavy atom. The van der Waals surface area contributed by atoms with Crippen LogP contribution in [0.2, 0.25) is 0 Å². The molecule has 1 aliphatic carbocycles. The molecular weight excluding hydrogens is 488 g/mol. The SMILES string of the molecule is C=CCOC(=O)N1CCC2=C(NC3C=CC(Cl)=CC23)C1c1ccc(OCCCN2CCN(C)CC2)cc1. The largest absolute Gasteiger partial charge is 0.494 e. The van der Waals surface area contributed by atoms with E-state index in [0.717, 1.165) is 67.6 Å². The number of nitrogens with zero attached hydrogens (tertiary/aromatic N) is 3. The summed E-state index contributed by atoms with van der Waals surface area (Å²) in [6.45, 7) is 10.7. The number of carbonyl (C=O) groups is 1. The predicted molar refractivity (Wildman–Crippen MR) is 147 cm³/mol. The fourth-order valence-corrected chi connectivity index (χ4v) is 5.90. The molecule has 4 aliphatic rings. The molecule has 5 rings (SSSR count). The lowest BCUT2D eigenvalue weighted by molar-refractivity contribution is 0.0969. The van der Waals surface area contributed by atoms with E-state index in [2.05, 4.69) is 53.0 Å². The van der Waals surface area contributed by atoms with Gasteiger partial charge in [0.25, 0.3) is 0 Å². The summed E-state index contributed by atoms with van der Waals surface area (Å²) in [7, 11) is 2.18. The molecule has 3 heterocycles. The molecule has 0 bridgehead atoms. The Morgan fingerprint density at radius 1 is 1.19 bits per heavy atom. The van der Waals surface area contributed by atoms with Gasteiger partial charge in [0.05, 0.1) is 12.6 Å². The number of fused-ring (bicyclic) bond motifs is 2. The van der Waals surface area contributed by atoms with Crippen LogP contribution in [0, 0.1) is 5.92 Å². The molecule has 3 unspecified atom stereocenters. The lowest BCUT2D eigenvalue weighted by atomic mass is 9.85. The van der Waals surface area contributed by atoms with Crippen molar-refractivity contribution in [2.24, 2.45) is 5.92 Å². The number of ether oxygens (including phenoxy) is 2. The predicted octanol–water partition coefficient (Wildman–Crippen LogP) is 4.31. The van der Waals surface area contributed by atoms with Gasteiger partial charge in [0.1, 0.15) is 18.4 Å². The van der Waals surface area contributed by atoms with Crippen molar-refractivity contribution >= 4 is 17.7 Å². The lowest BCUT2D eigenvalue weighted by Gasteiger charge is -2.37. The van der Waals surface area contributed by atoms with Crippen LogP contribution in [-0.4, -0.2) is 86.4 Å². The first-order chi connectivity index (χ1) is 18.0. The number of carbonyl (C=O) groups excluding carboxylic acids is 1. The maximum absolute atomic E-state index is 13.0. The Hall–Kier alpha value is -2.74. The highest BCUT2D eigenvalue weighted by atomic mass is 35.5. The fraction of sp³-hybridized carbons (Fsp3) is 0.483. The third kappa shape index (κ3) is 5.89. The van der Waals surface area contributed by atoms with E-state index in [1.54, 1.807) is 6.08 Å². The number of hydrogen-bond acceptors (Lipinski definition) is 6. The second kappa shape index (κ2) is 11.8. The quantitative estimate of drug-likeness (QED) is 0.404. The first-order valence-electron chi connectivity index (χ1n) is 13.3. The van der Waals surface area contributed by atoms with Crippen LogP contribution in [0.25, 0.3) is 0 Å². The highest BCUT2D eigenvalue weighted by Crippen LogP contribution is 2.45. The van der Waals surface area contributed by atoms with Crippen molar-refractivity contribution in [3.8, 4) is 5.75 Å². The van der Waals surface area contributed by atoms with Gasteiger partial charge in [0, 0.05) is 55.9 Å². The summed E-state index contributed by atoms with van der Waals surface area (Å²) < 4.78 is 11.5. The number of amides is 1. The van der Waals surface area contributed by atoms with Crippen molar-refractivity contribution in [3.63, 3.8) is 0 Å². The van der Waals surface area contributed by atoms with E-state index in [4.69, 9.17) is 21.1 Å². The van der Waals surface area contributed by atoms with Crippen molar-refractivity contribution in [2.45, 2.75) is 24.9 Å². The van der Waals surface area contributed by atoms with Gasteiger partial charge in [-0.05, 0) is 49.2 Å². The number of rotatable bonds is 8. The molecule has 37 heavy (non-hydrogen) atoms. The van der Waals surface area contributed by atoms with Gasteiger partial charge in [0.2, 0.25) is 0 Å². The van der Waals surface area contributed by atoms with Crippen LogP contribution in [-0.2, 0) is 4.74 Å². The second-order valence-corrected chi connectivity index (χ2v) is 10.6. The van der Waals surface area contributed by atoms with Gasteiger partial charge < -0.3 is 24.6 Å². The van der Waals surface area contributed by atoms with Gasteiger partial charge in [-0.2, -0.15) is 0 Å². The minimum Gasteiger partial charge on any atom is -0.494 e. The minimum absolute atomic E-state index is 0.155. The summed E-state index contributed by atoms with van der Waals surface area (Å²) in [5.74, 6) is 1.06. The summed E-state index contributed by atoms with van der Waals surface area (Å²) in [6.07, 6.45) is 9.22. The fourth-order valence-electron chi connectivity index (χ4n) is 5.69. The van der Waals surface area contributed by atoms with Crippen molar-refractivity contribution < 1.29 is 14.3 Å². The minimum atomic E-state index is -0.332. The van der Waals surface area contributed by atoms with Gasteiger partial charge in [-0.3, -0.25) is 4.90 Å².